The third-order valence-corrected chi connectivity index (χ3v) is 4.98. The minimum absolute atomic E-state index is 0.0217. The number of ether oxygens (including phenoxy) is 1. The van der Waals surface area contributed by atoms with E-state index >= 15 is 0 Å². The molecule has 1 N–H and O–H groups in total. The molecule has 1 aliphatic rings. The van der Waals surface area contributed by atoms with Crippen LogP contribution in [0.4, 0.5) is 5.69 Å². The molecule has 0 saturated carbocycles. The Morgan fingerprint density at radius 2 is 1.52 bits per heavy atom. The van der Waals surface area contributed by atoms with Crippen LogP contribution in [0.5, 0.6) is 5.75 Å². The molecule has 154 valence electrons. The number of likely N-dealkylation sites (N-methyl/N-ethyl adjacent to an activating group) is 1. The van der Waals surface area contributed by atoms with Gasteiger partial charge < -0.3 is 19.9 Å². The van der Waals surface area contributed by atoms with E-state index in [1.165, 1.54) is 0 Å². The zero-order valence-corrected chi connectivity index (χ0v) is 17.4. The Kier molecular flexibility index (Phi) is 6.88. The van der Waals surface area contributed by atoms with E-state index in [1.54, 1.807) is 24.3 Å². The van der Waals surface area contributed by atoms with Gasteiger partial charge >= 0.3 is 0 Å². The highest BCUT2D eigenvalue weighted by molar-refractivity contribution is 6.05. The van der Waals surface area contributed by atoms with Gasteiger partial charge in [-0.2, -0.15) is 0 Å². The summed E-state index contributed by atoms with van der Waals surface area (Å²) in [6, 6.07) is 14.1. The Balaban J connectivity index is 1.58. The van der Waals surface area contributed by atoms with Crippen molar-refractivity contribution in [2.75, 3.05) is 38.0 Å². The second kappa shape index (κ2) is 9.56. The van der Waals surface area contributed by atoms with Gasteiger partial charge in [-0.15, -0.1) is 0 Å². The Bertz CT molecular complexity index is 823. The summed E-state index contributed by atoms with van der Waals surface area (Å²) in [6.45, 7) is 10.4. The minimum atomic E-state index is -0.210. The van der Waals surface area contributed by atoms with Crippen LogP contribution in [0.2, 0.25) is 0 Å². The molecule has 0 bridgehead atoms. The molecule has 1 fully saturated rings. The van der Waals surface area contributed by atoms with Gasteiger partial charge in [-0.1, -0.05) is 6.92 Å². The second-order valence-corrected chi connectivity index (χ2v) is 7.45. The third-order valence-electron chi connectivity index (χ3n) is 4.98. The smallest absolute Gasteiger partial charge is 0.255 e. The van der Waals surface area contributed by atoms with Crippen LogP contribution in [-0.4, -0.2) is 60.4 Å². The second-order valence-electron chi connectivity index (χ2n) is 7.45. The number of carbonyl (C=O) groups is 2. The van der Waals surface area contributed by atoms with Crippen LogP contribution in [0.15, 0.2) is 48.5 Å². The predicted molar refractivity (Wildman–Crippen MR) is 115 cm³/mol. The summed E-state index contributed by atoms with van der Waals surface area (Å²) in [4.78, 5) is 29.4. The number of amides is 2. The number of nitrogens with zero attached hydrogens (tertiary/aromatic N) is 2. The van der Waals surface area contributed by atoms with E-state index in [2.05, 4.69) is 17.1 Å². The Morgan fingerprint density at radius 3 is 2.07 bits per heavy atom. The molecule has 2 aromatic carbocycles. The highest BCUT2D eigenvalue weighted by atomic mass is 16.5. The van der Waals surface area contributed by atoms with Crippen molar-refractivity contribution in [3.8, 4) is 5.75 Å². The van der Waals surface area contributed by atoms with Crippen molar-refractivity contribution in [2.24, 2.45) is 0 Å². The van der Waals surface area contributed by atoms with Crippen LogP contribution in [0.1, 0.15) is 41.5 Å². The van der Waals surface area contributed by atoms with Crippen LogP contribution in [-0.2, 0) is 0 Å². The maximum atomic E-state index is 12.7. The molecular formula is C23H29N3O3. The zero-order valence-electron chi connectivity index (χ0n) is 17.4. The fraction of sp³-hybridized carbons (Fsp3) is 0.391. The van der Waals surface area contributed by atoms with Crippen molar-refractivity contribution < 1.29 is 14.3 Å². The van der Waals surface area contributed by atoms with E-state index in [0.29, 0.717) is 16.8 Å². The number of benzene rings is 2. The van der Waals surface area contributed by atoms with E-state index in [9.17, 15) is 9.59 Å². The lowest BCUT2D eigenvalue weighted by Crippen LogP contribution is -2.48. The molecule has 0 aliphatic carbocycles. The molecule has 0 aromatic heterocycles. The summed E-state index contributed by atoms with van der Waals surface area (Å²) >= 11 is 0. The van der Waals surface area contributed by atoms with Crippen LogP contribution >= 0.6 is 0 Å². The van der Waals surface area contributed by atoms with E-state index in [-0.39, 0.29) is 17.9 Å². The van der Waals surface area contributed by atoms with Gasteiger partial charge in [-0.25, -0.2) is 0 Å². The van der Waals surface area contributed by atoms with Gasteiger partial charge in [-0.3, -0.25) is 9.59 Å². The number of piperazine rings is 1. The molecule has 6 heteroatoms. The lowest BCUT2D eigenvalue weighted by molar-refractivity contribution is 0.0643. The van der Waals surface area contributed by atoms with Gasteiger partial charge in [0.1, 0.15) is 5.75 Å². The van der Waals surface area contributed by atoms with Gasteiger partial charge in [0.15, 0.2) is 0 Å². The van der Waals surface area contributed by atoms with Crippen molar-refractivity contribution in [3.05, 3.63) is 59.7 Å². The number of rotatable bonds is 6. The predicted octanol–water partition coefficient (Wildman–Crippen LogP) is 3.50. The molecule has 1 aliphatic heterocycles. The first-order chi connectivity index (χ1) is 14.0. The molecule has 0 radical (unpaired) electrons. The molecule has 29 heavy (non-hydrogen) atoms. The summed E-state index contributed by atoms with van der Waals surface area (Å²) in [7, 11) is 0. The first-order valence-electron chi connectivity index (χ1n) is 10.2. The summed E-state index contributed by atoms with van der Waals surface area (Å²) < 4.78 is 5.61. The van der Waals surface area contributed by atoms with Crippen molar-refractivity contribution in [3.63, 3.8) is 0 Å². The molecule has 0 atom stereocenters. The third kappa shape index (κ3) is 5.57. The number of hydrogen-bond acceptors (Lipinski definition) is 4. The summed E-state index contributed by atoms with van der Waals surface area (Å²) in [5, 5.41) is 2.87. The summed E-state index contributed by atoms with van der Waals surface area (Å²) in [6.07, 6.45) is 0.104. The molecule has 1 heterocycles. The van der Waals surface area contributed by atoms with Gasteiger partial charge in [0, 0.05) is 43.0 Å². The first-order valence-corrected chi connectivity index (χ1v) is 10.2. The van der Waals surface area contributed by atoms with Crippen molar-refractivity contribution in [1.82, 2.24) is 9.80 Å². The lowest BCUT2D eigenvalue weighted by atomic mass is 10.1. The highest BCUT2D eigenvalue weighted by Crippen LogP contribution is 2.18. The van der Waals surface area contributed by atoms with Crippen molar-refractivity contribution in [2.45, 2.75) is 26.9 Å². The van der Waals surface area contributed by atoms with Gasteiger partial charge in [0.25, 0.3) is 11.8 Å². The molecule has 0 unspecified atom stereocenters. The lowest BCUT2D eigenvalue weighted by Gasteiger charge is -2.34. The molecular weight excluding hydrogens is 366 g/mol. The average molecular weight is 396 g/mol. The number of nitrogens with one attached hydrogen (secondary N) is 1. The maximum absolute atomic E-state index is 12.7. The molecule has 1 saturated heterocycles. The maximum Gasteiger partial charge on any atom is 0.255 e. The molecule has 0 spiro atoms. The summed E-state index contributed by atoms with van der Waals surface area (Å²) in [5.41, 5.74) is 1.82. The van der Waals surface area contributed by atoms with E-state index < -0.39 is 0 Å². The average Bonchev–Trinajstić information content (AvgIpc) is 2.74. The van der Waals surface area contributed by atoms with Gasteiger partial charge in [0.2, 0.25) is 0 Å². The van der Waals surface area contributed by atoms with Crippen molar-refractivity contribution >= 4 is 17.5 Å². The largest absolute Gasteiger partial charge is 0.491 e. The molecule has 2 amide bonds. The van der Waals surface area contributed by atoms with Crippen LogP contribution in [0.25, 0.3) is 0 Å². The van der Waals surface area contributed by atoms with Crippen LogP contribution < -0.4 is 10.1 Å². The Morgan fingerprint density at radius 1 is 0.931 bits per heavy atom. The minimum Gasteiger partial charge on any atom is -0.491 e. The van der Waals surface area contributed by atoms with Crippen molar-refractivity contribution in [1.29, 1.82) is 0 Å². The quantitative estimate of drug-likeness (QED) is 0.813. The topological polar surface area (TPSA) is 61.9 Å². The van der Waals surface area contributed by atoms with E-state index in [1.807, 2.05) is 43.0 Å². The normalized spacial score (nSPS) is 14.7. The molecule has 6 nitrogen and oxygen atoms in total. The van der Waals surface area contributed by atoms with Gasteiger partial charge in [0.05, 0.1) is 6.10 Å². The first kappa shape index (κ1) is 20.9. The standard InChI is InChI=1S/C23H29N3O3/c1-4-25-13-15-26(16-14-25)23(28)19-7-5-18(6-8-19)22(27)24-20-9-11-21(12-10-20)29-17(2)3/h5-12,17H,4,13-16H2,1-3H3,(H,24,27). The number of anilines is 1. The van der Waals surface area contributed by atoms with Gasteiger partial charge in [-0.05, 0) is 68.9 Å². The zero-order chi connectivity index (χ0) is 20.8. The fourth-order valence-electron chi connectivity index (χ4n) is 3.31. The number of carbonyl (C=O) groups excluding carboxylic acids is 2. The Labute approximate surface area is 172 Å². The monoisotopic (exact) mass is 395 g/mol. The van der Waals surface area contributed by atoms with Crippen LogP contribution in [0.3, 0.4) is 0 Å². The van der Waals surface area contributed by atoms with E-state index in [4.69, 9.17) is 4.74 Å². The fourth-order valence-corrected chi connectivity index (χ4v) is 3.31. The highest BCUT2D eigenvalue weighted by Gasteiger charge is 2.21. The Hall–Kier alpha value is -2.86. The van der Waals surface area contributed by atoms with Crippen LogP contribution in [0, 0.1) is 0 Å². The SMILES string of the molecule is CCN1CCN(C(=O)c2ccc(C(=O)Nc3ccc(OC(C)C)cc3)cc2)CC1. The summed E-state index contributed by atoms with van der Waals surface area (Å²) in [5.74, 6) is 0.576. The van der Waals surface area contributed by atoms with E-state index in [0.717, 1.165) is 38.5 Å². The molecule has 2 aromatic rings. The number of hydrogen-bond donors (Lipinski definition) is 1. The molecule has 3 rings (SSSR count).